The Morgan fingerprint density at radius 3 is 2.32 bits per heavy atom. The molecule has 0 radical (unpaired) electrons. The van der Waals surface area contributed by atoms with E-state index in [0.717, 1.165) is 45.9 Å². The van der Waals surface area contributed by atoms with E-state index in [1.165, 1.54) is 6.07 Å². The third-order valence-corrected chi connectivity index (χ3v) is 7.16. The first-order valence-corrected chi connectivity index (χ1v) is 12.7. The smallest absolute Gasteiger partial charge is 0.295 e. The fourth-order valence-corrected chi connectivity index (χ4v) is 5.38. The van der Waals surface area contributed by atoms with E-state index < -0.39 is 24.0 Å². The van der Waals surface area contributed by atoms with Gasteiger partial charge in [0.25, 0.3) is 0 Å². The van der Waals surface area contributed by atoms with Crippen LogP contribution in [0, 0.1) is 5.82 Å². The van der Waals surface area contributed by atoms with Crippen LogP contribution < -0.4 is 0 Å². The summed E-state index contributed by atoms with van der Waals surface area (Å²) in [5.41, 5.74) is 5.17. The van der Waals surface area contributed by atoms with Gasteiger partial charge in [0.15, 0.2) is 0 Å². The molecule has 1 fully saturated rings. The Hall–Kier alpha value is -3.32. The van der Waals surface area contributed by atoms with Gasteiger partial charge >= 0.3 is 6.18 Å². The summed E-state index contributed by atoms with van der Waals surface area (Å²) in [5.74, 6) is -0.918. The largest absolute Gasteiger partial charge is 0.417 e. The minimum atomic E-state index is -4.69. The highest BCUT2D eigenvalue weighted by Crippen LogP contribution is 2.44. The molecule has 38 heavy (non-hydrogen) atoms. The second-order valence-electron chi connectivity index (χ2n) is 9.87. The van der Waals surface area contributed by atoms with Crippen molar-refractivity contribution in [3.8, 4) is 0 Å². The Balaban J connectivity index is 1.54. The zero-order chi connectivity index (χ0) is 26.9. The molecule has 0 spiro atoms. The highest BCUT2D eigenvalue weighted by molar-refractivity contribution is 6.00. The Morgan fingerprint density at radius 1 is 0.868 bits per heavy atom. The minimum absolute atomic E-state index is 0.00940. The molecule has 3 aromatic rings. The average Bonchev–Trinajstić information content (AvgIpc) is 3.05. The third kappa shape index (κ3) is 5.73. The van der Waals surface area contributed by atoms with Gasteiger partial charge in [0.05, 0.1) is 5.56 Å². The molecule has 0 unspecified atom stereocenters. The van der Waals surface area contributed by atoms with Crippen molar-refractivity contribution in [2.75, 3.05) is 19.6 Å². The minimum Gasteiger partial charge on any atom is -0.295 e. The second kappa shape index (κ2) is 10.8. The van der Waals surface area contributed by atoms with E-state index in [4.69, 9.17) is 0 Å². The van der Waals surface area contributed by atoms with Crippen LogP contribution in [0.3, 0.4) is 0 Å². The number of likely N-dealkylation sites (tertiary alicyclic amines) is 1. The number of aryl methyl sites for hydroxylation is 1. The molecule has 5 rings (SSSR count). The van der Waals surface area contributed by atoms with E-state index in [0.29, 0.717) is 44.1 Å². The molecule has 2 aliphatic rings. The molecule has 0 N–H and O–H groups in total. The van der Waals surface area contributed by atoms with Crippen molar-refractivity contribution in [3.05, 3.63) is 112 Å². The topological polar surface area (TPSA) is 3.24 Å². The molecule has 3 aromatic carbocycles. The van der Waals surface area contributed by atoms with E-state index in [9.17, 15) is 26.3 Å². The fraction of sp³-hybridized carbons (Fsp3) is 0.290. The van der Waals surface area contributed by atoms with Crippen LogP contribution in [0.4, 0.5) is 26.3 Å². The number of allylic oxidation sites excluding steroid dienone is 1. The van der Waals surface area contributed by atoms with Crippen molar-refractivity contribution in [2.24, 2.45) is 0 Å². The maximum Gasteiger partial charge on any atom is 0.417 e. The first-order valence-electron chi connectivity index (χ1n) is 12.7. The Bertz CT molecular complexity index is 1360. The lowest BCUT2D eigenvalue weighted by Gasteiger charge is -2.34. The lowest BCUT2D eigenvalue weighted by Crippen LogP contribution is -2.40. The summed E-state index contributed by atoms with van der Waals surface area (Å²) in [6.45, 7) is 1.68. The summed E-state index contributed by atoms with van der Waals surface area (Å²) >= 11 is 0. The summed E-state index contributed by atoms with van der Waals surface area (Å²) in [4.78, 5) is 1.97. The molecule has 0 atom stereocenters. The predicted molar refractivity (Wildman–Crippen MR) is 138 cm³/mol. The van der Waals surface area contributed by atoms with Crippen LogP contribution in [0.2, 0.25) is 0 Å². The molecule has 0 amide bonds. The Kier molecular flexibility index (Phi) is 7.48. The van der Waals surface area contributed by atoms with Crippen molar-refractivity contribution in [1.82, 2.24) is 4.90 Å². The number of benzene rings is 3. The fourth-order valence-electron chi connectivity index (χ4n) is 5.38. The van der Waals surface area contributed by atoms with Crippen LogP contribution in [0.25, 0.3) is 17.2 Å². The van der Waals surface area contributed by atoms with E-state index in [1.54, 1.807) is 0 Å². The first-order chi connectivity index (χ1) is 18.2. The SMILES string of the molecule is Fc1ccc(C2=C(c3ccc(C=C4CN(CCC(F)F)C4)cc3)c3ccccc3CCC2)c(C(F)(F)F)c1. The molecule has 198 valence electrons. The van der Waals surface area contributed by atoms with E-state index in [-0.39, 0.29) is 12.0 Å². The number of alkyl halides is 5. The number of hydrogen-bond acceptors (Lipinski definition) is 1. The molecule has 1 aliphatic carbocycles. The molecule has 1 nitrogen and oxygen atoms in total. The van der Waals surface area contributed by atoms with Crippen molar-refractivity contribution >= 4 is 17.2 Å². The molecular formula is C31H27F6N. The lowest BCUT2D eigenvalue weighted by molar-refractivity contribution is -0.138. The van der Waals surface area contributed by atoms with Gasteiger partial charge in [0.2, 0.25) is 6.43 Å². The predicted octanol–water partition coefficient (Wildman–Crippen LogP) is 8.49. The van der Waals surface area contributed by atoms with E-state index in [2.05, 4.69) is 0 Å². The zero-order valence-corrected chi connectivity index (χ0v) is 20.7. The molecule has 1 saturated heterocycles. The van der Waals surface area contributed by atoms with Gasteiger partial charge in [-0.05, 0) is 75.9 Å². The van der Waals surface area contributed by atoms with Gasteiger partial charge in [-0.15, -0.1) is 0 Å². The monoisotopic (exact) mass is 527 g/mol. The van der Waals surface area contributed by atoms with E-state index in [1.807, 2.05) is 59.5 Å². The number of nitrogens with zero attached hydrogens (tertiary/aromatic N) is 1. The Labute approximate surface area is 218 Å². The van der Waals surface area contributed by atoms with E-state index >= 15 is 0 Å². The third-order valence-electron chi connectivity index (χ3n) is 7.16. The summed E-state index contributed by atoms with van der Waals surface area (Å²) < 4.78 is 80.8. The van der Waals surface area contributed by atoms with Crippen LogP contribution >= 0.6 is 0 Å². The molecule has 0 bridgehead atoms. The summed E-state index contributed by atoms with van der Waals surface area (Å²) in [7, 11) is 0. The standard InChI is InChI=1S/C31H27F6N/c32-24-12-13-26(28(17-24)31(35,36)37)27-7-3-5-22-4-1-2-6-25(22)30(27)23-10-8-20(9-11-23)16-21-18-38(19-21)15-14-29(33)34/h1-2,4,6,8-13,16-17,29H,3,5,7,14-15,18-19H2. The number of halogens is 6. The van der Waals surface area contributed by atoms with Crippen LogP contribution in [-0.2, 0) is 12.6 Å². The highest BCUT2D eigenvalue weighted by Gasteiger charge is 2.35. The summed E-state index contributed by atoms with van der Waals surface area (Å²) in [5, 5.41) is 0. The molecule has 0 saturated carbocycles. The van der Waals surface area contributed by atoms with Gasteiger partial charge in [-0.25, -0.2) is 13.2 Å². The van der Waals surface area contributed by atoms with Crippen molar-refractivity contribution < 1.29 is 26.3 Å². The van der Waals surface area contributed by atoms with Gasteiger partial charge in [-0.3, -0.25) is 4.90 Å². The van der Waals surface area contributed by atoms with Gasteiger partial charge in [0, 0.05) is 26.1 Å². The number of fused-ring (bicyclic) bond motifs is 1. The molecule has 7 heteroatoms. The second-order valence-corrected chi connectivity index (χ2v) is 9.87. The van der Waals surface area contributed by atoms with Gasteiger partial charge < -0.3 is 0 Å². The van der Waals surface area contributed by atoms with Crippen LogP contribution in [0.1, 0.15) is 52.6 Å². The van der Waals surface area contributed by atoms with Crippen LogP contribution in [-0.4, -0.2) is 31.0 Å². The number of rotatable bonds is 6. The lowest BCUT2D eigenvalue weighted by atomic mass is 9.86. The molecule has 1 aliphatic heterocycles. The average molecular weight is 528 g/mol. The maximum absolute atomic E-state index is 14.0. The normalized spacial score (nSPS) is 16.3. The Morgan fingerprint density at radius 2 is 1.61 bits per heavy atom. The summed E-state index contributed by atoms with van der Waals surface area (Å²) in [6.07, 6.45) is -3.26. The maximum atomic E-state index is 14.0. The van der Waals surface area contributed by atoms with Crippen molar-refractivity contribution in [2.45, 2.75) is 38.3 Å². The summed E-state index contributed by atoms with van der Waals surface area (Å²) in [6, 6.07) is 18.3. The van der Waals surface area contributed by atoms with Gasteiger partial charge in [-0.1, -0.05) is 60.7 Å². The molecule has 1 heterocycles. The molecule has 0 aromatic heterocycles. The first kappa shape index (κ1) is 26.3. The highest BCUT2D eigenvalue weighted by atomic mass is 19.4. The zero-order valence-electron chi connectivity index (χ0n) is 20.7. The van der Waals surface area contributed by atoms with Gasteiger partial charge in [0.1, 0.15) is 5.82 Å². The van der Waals surface area contributed by atoms with Crippen molar-refractivity contribution in [1.29, 1.82) is 0 Å². The van der Waals surface area contributed by atoms with Crippen LogP contribution in [0.15, 0.2) is 72.3 Å². The van der Waals surface area contributed by atoms with Crippen molar-refractivity contribution in [3.63, 3.8) is 0 Å². The van der Waals surface area contributed by atoms with Crippen LogP contribution in [0.5, 0.6) is 0 Å². The number of hydrogen-bond donors (Lipinski definition) is 0. The van der Waals surface area contributed by atoms with Gasteiger partial charge in [-0.2, -0.15) is 13.2 Å². The quantitative estimate of drug-likeness (QED) is 0.291. The molecular weight excluding hydrogens is 500 g/mol.